The maximum Gasteiger partial charge on any atom is 0.0367 e. The van der Waals surface area contributed by atoms with E-state index in [2.05, 4.69) is 17.0 Å². The molecule has 1 fully saturated rings. The molecule has 1 aliphatic rings. The molecule has 1 aliphatic heterocycles. The van der Waals surface area contributed by atoms with Crippen molar-refractivity contribution in [2.45, 2.75) is 12.8 Å². The fourth-order valence-electron chi connectivity index (χ4n) is 1.66. The first-order chi connectivity index (χ1) is 5.86. The van der Waals surface area contributed by atoms with Crippen LogP contribution >= 0.6 is 0 Å². The zero-order chi connectivity index (χ0) is 8.39. The smallest absolute Gasteiger partial charge is 0.0367 e. The van der Waals surface area contributed by atoms with E-state index < -0.39 is 0 Å². The zero-order valence-electron chi connectivity index (χ0n) is 7.54. The second-order valence-corrected chi connectivity index (χ2v) is 3.29. The highest BCUT2D eigenvalue weighted by Gasteiger charge is 2.11. The summed E-state index contributed by atoms with van der Waals surface area (Å²) < 4.78 is 0. The van der Waals surface area contributed by atoms with Crippen molar-refractivity contribution in [1.82, 2.24) is 0 Å². The summed E-state index contributed by atoms with van der Waals surface area (Å²) in [6.45, 7) is 2.40. The molecule has 0 aliphatic carbocycles. The van der Waals surface area contributed by atoms with Crippen molar-refractivity contribution >= 4 is 11.4 Å². The predicted molar refractivity (Wildman–Crippen MR) is 52.3 cm³/mol. The van der Waals surface area contributed by atoms with Crippen molar-refractivity contribution in [3.8, 4) is 0 Å². The molecule has 0 atom stereocenters. The summed E-state index contributed by atoms with van der Waals surface area (Å²) in [5.41, 5.74) is 7.76. The van der Waals surface area contributed by atoms with Crippen LogP contribution in [0.4, 0.5) is 11.4 Å². The average molecular weight is 198 g/mol. The van der Waals surface area contributed by atoms with E-state index in [9.17, 15) is 0 Å². The molecule has 0 saturated carbocycles. The lowest BCUT2D eigenvalue weighted by Gasteiger charge is -2.17. The average Bonchev–Trinajstić information content (AvgIpc) is 2.58. The maximum atomic E-state index is 5.61. The quantitative estimate of drug-likeness (QED) is 0.578. The van der Waals surface area contributed by atoms with Gasteiger partial charge in [-0.3, -0.25) is 0 Å². The molecular weight excluding hydrogens is 184 g/mol. The minimum atomic E-state index is 0. The molecule has 0 bridgehead atoms. The first-order valence-corrected chi connectivity index (χ1v) is 4.47. The summed E-state index contributed by atoms with van der Waals surface area (Å²) in [6, 6.07) is 8.13. The van der Waals surface area contributed by atoms with Crippen molar-refractivity contribution in [2.75, 3.05) is 23.7 Å². The Kier molecular flexibility index (Phi) is 3.43. The van der Waals surface area contributed by atoms with Crippen molar-refractivity contribution < 1.29 is 12.4 Å². The predicted octanol–water partition coefficient (Wildman–Crippen LogP) is -1.13. The summed E-state index contributed by atoms with van der Waals surface area (Å²) >= 11 is 0. The fraction of sp³-hybridized carbons (Fsp3) is 0.400. The van der Waals surface area contributed by atoms with Gasteiger partial charge in [0.25, 0.3) is 0 Å². The lowest BCUT2D eigenvalue weighted by atomic mass is 10.2. The molecule has 0 radical (unpaired) electrons. The lowest BCUT2D eigenvalue weighted by Crippen LogP contribution is -3.00. The van der Waals surface area contributed by atoms with Crippen molar-refractivity contribution in [2.24, 2.45) is 0 Å². The van der Waals surface area contributed by atoms with Crippen LogP contribution < -0.4 is 23.0 Å². The second-order valence-electron chi connectivity index (χ2n) is 3.29. The van der Waals surface area contributed by atoms with Crippen LogP contribution in [-0.2, 0) is 0 Å². The molecule has 0 aromatic heterocycles. The Bertz CT molecular complexity index is 252. The monoisotopic (exact) mass is 197 g/mol. The normalized spacial score (nSPS) is 15.5. The highest BCUT2D eigenvalue weighted by Crippen LogP contribution is 2.20. The third kappa shape index (κ3) is 2.28. The number of halogens is 1. The van der Waals surface area contributed by atoms with Crippen molar-refractivity contribution in [3.63, 3.8) is 0 Å². The number of rotatable bonds is 1. The van der Waals surface area contributed by atoms with Gasteiger partial charge < -0.3 is 23.0 Å². The number of benzene rings is 1. The molecule has 13 heavy (non-hydrogen) atoms. The van der Waals surface area contributed by atoms with E-state index in [1.807, 2.05) is 12.1 Å². The maximum absolute atomic E-state index is 5.61. The van der Waals surface area contributed by atoms with Gasteiger partial charge in [0.2, 0.25) is 0 Å². The summed E-state index contributed by atoms with van der Waals surface area (Å²) in [5, 5.41) is 0. The Balaban J connectivity index is 0.000000845. The Hall–Kier alpha value is -0.890. The van der Waals surface area contributed by atoms with Gasteiger partial charge in [-0.15, -0.1) is 0 Å². The molecule has 2 rings (SSSR count). The highest BCUT2D eigenvalue weighted by atomic mass is 35.5. The van der Waals surface area contributed by atoms with Gasteiger partial charge in [-0.25, -0.2) is 0 Å². The first-order valence-electron chi connectivity index (χ1n) is 4.47. The topological polar surface area (TPSA) is 29.3 Å². The minimum absolute atomic E-state index is 0. The van der Waals surface area contributed by atoms with Gasteiger partial charge in [0, 0.05) is 24.5 Å². The van der Waals surface area contributed by atoms with E-state index >= 15 is 0 Å². The van der Waals surface area contributed by atoms with Gasteiger partial charge in [-0.2, -0.15) is 0 Å². The zero-order valence-corrected chi connectivity index (χ0v) is 8.30. The van der Waals surface area contributed by atoms with Gasteiger partial charge in [0.15, 0.2) is 0 Å². The Morgan fingerprint density at radius 3 is 2.08 bits per heavy atom. The number of nitrogens with zero attached hydrogens (tertiary/aromatic N) is 1. The summed E-state index contributed by atoms with van der Waals surface area (Å²) in [5.74, 6) is 0. The second kappa shape index (κ2) is 4.38. The van der Waals surface area contributed by atoms with Crippen LogP contribution in [0.1, 0.15) is 12.8 Å². The van der Waals surface area contributed by atoms with Crippen molar-refractivity contribution in [1.29, 1.82) is 0 Å². The van der Waals surface area contributed by atoms with Crippen LogP contribution in [0.5, 0.6) is 0 Å². The lowest BCUT2D eigenvalue weighted by molar-refractivity contribution is -0.00000245. The molecule has 1 saturated heterocycles. The van der Waals surface area contributed by atoms with E-state index in [1.54, 1.807) is 0 Å². The Morgan fingerprint density at radius 1 is 1.00 bits per heavy atom. The van der Waals surface area contributed by atoms with Gasteiger partial charge in [0.1, 0.15) is 0 Å². The Labute approximate surface area is 85.1 Å². The van der Waals surface area contributed by atoms with Gasteiger partial charge in [-0.1, -0.05) is 0 Å². The van der Waals surface area contributed by atoms with Crippen LogP contribution in [-0.4, -0.2) is 13.1 Å². The van der Waals surface area contributed by atoms with Gasteiger partial charge in [0.05, 0.1) is 0 Å². The van der Waals surface area contributed by atoms with E-state index in [0.29, 0.717) is 0 Å². The van der Waals surface area contributed by atoms with E-state index in [4.69, 9.17) is 5.73 Å². The number of hydrogen-bond donors (Lipinski definition) is 1. The number of hydrogen-bond acceptors (Lipinski definition) is 2. The standard InChI is InChI=1S/C10H14N2.ClH/c11-9-3-5-10(6-4-9)12-7-1-2-8-12;/h3-6H,1-2,7-8,11H2;1H/p-1. The van der Waals surface area contributed by atoms with Gasteiger partial charge >= 0.3 is 0 Å². The molecular formula is C10H14ClN2-. The number of nitrogen functional groups attached to an aromatic ring is 1. The molecule has 2 N–H and O–H groups in total. The SMILES string of the molecule is Nc1ccc(N2CCCC2)cc1.[Cl-]. The van der Waals surface area contributed by atoms with E-state index in [0.717, 1.165) is 5.69 Å². The van der Waals surface area contributed by atoms with E-state index in [1.165, 1.54) is 31.6 Å². The van der Waals surface area contributed by atoms with Crippen LogP contribution in [0.25, 0.3) is 0 Å². The molecule has 1 heterocycles. The number of nitrogens with two attached hydrogens (primary N) is 1. The largest absolute Gasteiger partial charge is 1.00 e. The fourth-order valence-corrected chi connectivity index (χ4v) is 1.66. The third-order valence-corrected chi connectivity index (χ3v) is 2.36. The summed E-state index contributed by atoms with van der Waals surface area (Å²) in [6.07, 6.45) is 2.65. The third-order valence-electron chi connectivity index (χ3n) is 2.36. The molecule has 0 spiro atoms. The van der Waals surface area contributed by atoms with Crippen molar-refractivity contribution in [3.05, 3.63) is 24.3 Å². The number of anilines is 2. The molecule has 0 amide bonds. The molecule has 1 aromatic rings. The van der Waals surface area contributed by atoms with Crippen LogP contribution in [0.15, 0.2) is 24.3 Å². The summed E-state index contributed by atoms with van der Waals surface area (Å²) in [4.78, 5) is 2.40. The van der Waals surface area contributed by atoms with E-state index in [-0.39, 0.29) is 12.4 Å². The first kappa shape index (κ1) is 10.2. The van der Waals surface area contributed by atoms with Crippen LogP contribution in [0, 0.1) is 0 Å². The van der Waals surface area contributed by atoms with Gasteiger partial charge in [-0.05, 0) is 37.1 Å². The molecule has 72 valence electrons. The van der Waals surface area contributed by atoms with Crippen LogP contribution in [0.3, 0.4) is 0 Å². The molecule has 1 aromatic carbocycles. The minimum Gasteiger partial charge on any atom is -1.00 e. The molecule has 0 unspecified atom stereocenters. The molecule has 3 heteroatoms. The van der Waals surface area contributed by atoms with Crippen LogP contribution in [0.2, 0.25) is 0 Å². The summed E-state index contributed by atoms with van der Waals surface area (Å²) in [7, 11) is 0. The molecule has 2 nitrogen and oxygen atoms in total. The highest BCUT2D eigenvalue weighted by molar-refractivity contribution is 5.53. The Morgan fingerprint density at radius 2 is 1.54 bits per heavy atom.